The molecule has 0 saturated heterocycles. The average molecular weight is 739 g/mol. The van der Waals surface area contributed by atoms with Crippen molar-refractivity contribution in [3.8, 4) is 45.0 Å². The molecule has 0 bridgehead atoms. The largest absolute Gasteiger partial charge is 0.309 e. The molecule has 0 amide bonds. The van der Waals surface area contributed by atoms with E-state index < -0.39 is 0 Å². The summed E-state index contributed by atoms with van der Waals surface area (Å²) in [5.41, 5.74) is 12.3. The predicted octanol–water partition coefficient (Wildman–Crippen LogP) is 14.0. The molecule has 0 atom stereocenters. The van der Waals surface area contributed by atoms with Gasteiger partial charge in [-0.2, -0.15) is 0 Å². The fourth-order valence-electron chi connectivity index (χ4n) is 9.13. The molecule has 9 aromatic carbocycles. The van der Waals surface area contributed by atoms with Gasteiger partial charge in [-0.25, -0.2) is 4.98 Å². The van der Waals surface area contributed by atoms with Crippen LogP contribution in [0.3, 0.4) is 0 Å². The van der Waals surface area contributed by atoms with Crippen LogP contribution in [0.2, 0.25) is 0 Å². The van der Waals surface area contributed by atoms with Crippen molar-refractivity contribution >= 4 is 65.2 Å². The van der Waals surface area contributed by atoms with Crippen LogP contribution < -0.4 is 0 Å². The van der Waals surface area contributed by atoms with E-state index >= 15 is 0 Å². The van der Waals surface area contributed by atoms with E-state index in [9.17, 15) is 0 Å². The molecule has 12 aromatic rings. The van der Waals surface area contributed by atoms with Crippen LogP contribution in [0.15, 0.2) is 207 Å². The highest BCUT2D eigenvalue weighted by Gasteiger charge is 2.18. The quantitative estimate of drug-likeness (QED) is 0.165. The summed E-state index contributed by atoms with van der Waals surface area (Å²) in [6.45, 7) is 0. The first-order chi connectivity index (χ1) is 28.8. The molecule has 12 rings (SSSR count). The highest BCUT2D eigenvalue weighted by molar-refractivity contribution is 6.25. The zero-order valence-corrected chi connectivity index (χ0v) is 31.4. The number of rotatable bonds is 5. The normalized spacial score (nSPS) is 11.8. The topological polar surface area (TPSA) is 35.6 Å². The van der Waals surface area contributed by atoms with E-state index in [4.69, 9.17) is 4.98 Å². The molecule has 0 N–H and O–H groups in total. The first-order valence-corrected chi connectivity index (χ1v) is 19.7. The standard InChI is InChI=1S/C54H34N4/c1-2-14-44-42(12-1)43-13-3-4-15-45(43)48-33-37(20-26-46(44)48)38-21-27-52-49(34-38)47-16-5-7-18-51(47)57(52)40-22-24-41(25-23-40)58-53-19-8-6-17-50(53)56-54(58)39-11-9-10-36(32-39)35-28-30-55-31-29-35/h1-34H. The van der Waals surface area contributed by atoms with Crippen molar-refractivity contribution in [2.75, 3.05) is 0 Å². The molecule has 0 aliphatic heterocycles. The van der Waals surface area contributed by atoms with E-state index in [0.29, 0.717) is 0 Å². The first-order valence-electron chi connectivity index (χ1n) is 19.7. The van der Waals surface area contributed by atoms with Gasteiger partial charge in [-0.1, -0.05) is 115 Å². The van der Waals surface area contributed by atoms with Crippen LogP contribution in [0.1, 0.15) is 0 Å². The number of aromatic nitrogens is 4. The lowest BCUT2D eigenvalue weighted by atomic mass is 9.92. The van der Waals surface area contributed by atoms with Gasteiger partial charge >= 0.3 is 0 Å². The SMILES string of the molecule is c1cc(-c2ccncc2)cc(-c2nc3ccccc3n2-c2ccc(-n3c4ccccc4c4cc(-c5ccc6c7ccccc7c7ccccc7c6c5)ccc43)cc2)c1. The number of hydrogen-bond acceptors (Lipinski definition) is 2. The summed E-state index contributed by atoms with van der Waals surface area (Å²) >= 11 is 0. The van der Waals surface area contributed by atoms with Gasteiger partial charge in [0.2, 0.25) is 0 Å². The second-order valence-corrected chi connectivity index (χ2v) is 15.0. The Morgan fingerprint density at radius 1 is 0.293 bits per heavy atom. The number of imidazole rings is 1. The van der Waals surface area contributed by atoms with Crippen LogP contribution >= 0.6 is 0 Å². The Morgan fingerprint density at radius 3 is 1.53 bits per heavy atom. The minimum absolute atomic E-state index is 0.907. The zero-order chi connectivity index (χ0) is 38.2. The van der Waals surface area contributed by atoms with E-state index in [1.54, 1.807) is 0 Å². The molecule has 4 nitrogen and oxygen atoms in total. The second-order valence-electron chi connectivity index (χ2n) is 15.0. The van der Waals surface area contributed by atoms with E-state index in [2.05, 4.69) is 196 Å². The molecule has 4 heteroatoms. The van der Waals surface area contributed by atoms with Crippen LogP contribution in [-0.2, 0) is 0 Å². The number of benzene rings is 9. The summed E-state index contributed by atoms with van der Waals surface area (Å²) in [6, 6.07) is 70.2. The molecule has 270 valence electrons. The fraction of sp³-hybridized carbons (Fsp3) is 0. The molecule has 0 aliphatic carbocycles. The summed E-state index contributed by atoms with van der Waals surface area (Å²) < 4.78 is 4.67. The predicted molar refractivity (Wildman–Crippen MR) is 242 cm³/mol. The Kier molecular flexibility index (Phi) is 7.20. The smallest absolute Gasteiger partial charge is 0.145 e. The molecule has 3 aromatic heterocycles. The Balaban J connectivity index is 0.976. The molecular weight excluding hydrogens is 705 g/mol. The molecule has 58 heavy (non-hydrogen) atoms. The molecule has 0 aliphatic rings. The highest BCUT2D eigenvalue weighted by atomic mass is 15.1. The maximum Gasteiger partial charge on any atom is 0.145 e. The molecule has 0 unspecified atom stereocenters. The lowest BCUT2D eigenvalue weighted by Gasteiger charge is -2.13. The summed E-state index contributed by atoms with van der Waals surface area (Å²) in [5.74, 6) is 0.907. The van der Waals surface area contributed by atoms with Crippen LogP contribution in [0.25, 0.3) is 110 Å². The highest BCUT2D eigenvalue weighted by Crippen LogP contribution is 2.40. The third-order valence-corrected chi connectivity index (χ3v) is 11.8. The summed E-state index contributed by atoms with van der Waals surface area (Å²) in [4.78, 5) is 9.39. The Morgan fingerprint density at radius 2 is 0.810 bits per heavy atom. The van der Waals surface area contributed by atoms with Gasteiger partial charge in [0.05, 0.1) is 22.1 Å². The maximum absolute atomic E-state index is 5.17. The monoisotopic (exact) mass is 738 g/mol. The van der Waals surface area contributed by atoms with Gasteiger partial charge in [0.25, 0.3) is 0 Å². The Labute approximate surface area is 334 Å². The minimum Gasteiger partial charge on any atom is -0.309 e. The van der Waals surface area contributed by atoms with E-state index in [0.717, 1.165) is 44.9 Å². The molecular formula is C54H34N4. The van der Waals surface area contributed by atoms with E-state index in [1.165, 1.54) is 65.3 Å². The number of fused-ring (bicyclic) bond motifs is 10. The second kappa shape index (κ2) is 12.9. The van der Waals surface area contributed by atoms with Gasteiger partial charge in [0.1, 0.15) is 5.82 Å². The van der Waals surface area contributed by atoms with Gasteiger partial charge in [-0.15, -0.1) is 0 Å². The van der Waals surface area contributed by atoms with Gasteiger partial charge in [-0.3, -0.25) is 9.55 Å². The lowest BCUT2D eigenvalue weighted by Crippen LogP contribution is -1.99. The number of para-hydroxylation sites is 3. The molecule has 0 saturated carbocycles. The van der Waals surface area contributed by atoms with Crippen LogP contribution in [-0.4, -0.2) is 19.1 Å². The third kappa shape index (κ3) is 5.02. The zero-order valence-electron chi connectivity index (χ0n) is 31.4. The number of pyridine rings is 1. The molecule has 3 heterocycles. The average Bonchev–Trinajstić information content (AvgIpc) is 3.86. The molecule has 0 spiro atoms. The number of hydrogen-bond donors (Lipinski definition) is 0. The fourth-order valence-corrected chi connectivity index (χ4v) is 9.13. The van der Waals surface area contributed by atoms with Gasteiger partial charge in [-0.05, 0) is 133 Å². The Bertz CT molecular complexity index is 3520. The van der Waals surface area contributed by atoms with Crippen molar-refractivity contribution in [2.24, 2.45) is 0 Å². The van der Waals surface area contributed by atoms with E-state index in [-0.39, 0.29) is 0 Å². The van der Waals surface area contributed by atoms with Crippen LogP contribution in [0, 0.1) is 0 Å². The van der Waals surface area contributed by atoms with Crippen molar-refractivity contribution in [3.05, 3.63) is 207 Å². The maximum atomic E-state index is 5.17. The van der Waals surface area contributed by atoms with Gasteiger partial charge < -0.3 is 4.57 Å². The summed E-state index contributed by atoms with van der Waals surface area (Å²) in [6.07, 6.45) is 3.67. The molecule has 0 radical (unpaired) electrons. The lowest BCUT2D eigenvalue weighted by molar-refractivity contribution is 1.09. The van der Waals surface area contributed by atoms with Crippen molar-refractivity contribution in [2.45, 2.75) is 0 Å². The molecule has 0 fully saturated rings. The third-order valence-electron chi connectivity index (χ3n) is 11.8. The first kappa shape index (κ1) is 32.4. The van der Waals surface area contributed by atoms with Crippen molar-refractivity contribution in [1.82, 2.24) is 19.1 Å². The Hall–Kier alpha value is -7.82. The summed E-state index contributed by atoms with van der Waals surface area (Å²) in [5, 5.41) is 10.2. The van der Waals surface area contributed by atoms with Crippen molar-refractivity contribution in [1.29, 1.82) is 0 Å². The van der Waals surface area contributed by atoms with Gasteiger partial charge in [0, 0.05) is 40.1 Å². The van der Waals surface area contributed by atoms with Crippen molar-refractivity contribution < 1.29 is 0 Å². The van der Waals surface area contributed by atoms with Crippen LogP contribution in [0.4, 0.5) is 0 Å². The van der Waals surface area contributed by atoms with Crippen LogP contribution in [0.5, 0.6) is 0 Å². The van der Waals surface area contributed by atoms with Crippen molar-refractivity contribution in [3.63, 3.8) is 0 Å². The minimum atomic E-state index is 0.907. The van der Waals surface area contributed by atoms with Gasteiger partial charge in [0.15, 0.2) is 0 Å². The van der Waals surface area contributed by atoms with E-state index in [1.807, 2.05) is 24.5 Å². The summed E-state index contributed by atoms with van der Waals surface area (Å²) in [7, 11) is 0. The number of nitrogens with zero attached hydrogens (tertiary/aromatic N) is 4.